The maximum atomic E-state index is 13.5. The van der Waals surface area contributed by atoms with E-state index in [0.29, 0.717) is 22.5 Å². The minimum Gasteiger partial charge on any atom is -0.324 e. The van der Waals surface area contributed by atoms with Gasteiger partial charge in [-0.2, -0.15) is 13.2 Å². The van der Waals surface area contributed by atoms with Crippen molar-refractivity contribution in [3.63, 3.8) is 0 Å². The van der Waals surface area contributed by atoms with Crippen LogP contribution in [0.2, 0.25) is 5.02 Å². The number of aromatic amines is 1. The summed E-state index contributed by atoms with van der Waals surface area (Å²) in [7, 11) is 0. The number of hydrogen-bond acceptors (Lipinski definition) is 3. The molecule has 0 saturated heterocycles. The van der Waals surface area contributed by atoms with Gasteiger partial charge in [0.25, 0.3) is 5.56 Å². The minimum atomic E-state index is -4.71. The summed E-state index contributed by atoms with van der Waals surface area (Å²) in [6.45, 7) is 0. The molecule has 0 aliphatic carbocycles. The Bertz CT molecular complexity index is 1420. The summed E-state index contributed by atoms with van der Waals surface area (Å²) in [4.78, 5) is 32.2. The number of nitrogens with one attached hydrogen (secondary N) is 3. The van der Waals surface area contributed by atoms with E-state index in [2.05, 4.69) is 20.6 Å². The van der Waals surface area contributed by atoms with Crippen molar-refractivity contribution in [2.45, 2.75) is 12.2 Å². The summed E-state index contributed by atoms with van der Waals surface area (Å²) in [6, 6.07) is 12.6. The van der Waals surface area contributed by atoms with E-state index in [1.807, 2.05) is 0 Å². The normalized spacial score (nSPS) is 12.4. The third kappa shape index (κ3) is 5.01. The van der Waals surface area contributed by atoms with Crippen molar-refractivity contribution in [1.82, 2.24) is 15.3 Å². The molecule has 34 heavy (non-hydrogen) atoms. The predicted octanol–water partition coefficient (Wildman–Crippen LogP) is 5.65. The second-order valence-corrected chi connectivity index (χ2v) is 7.65. The third-order valence-corrected chi connectivity index (χ3v) is 5.24. The zero-order valence-electron chi connectivity index (χ0n) is 17.1. The highest BCUT2D eigenvalue weighted by Crippen LogP contribution is 2.36. The number of para-hydroxylation sites is 1. The lowest BCUT2D eigenvalue weighted by molar-refractivity contribution is -0.137. The number of rotatable bonds is 4. The Morgan fingerprint density at radius 2 is 1.74 bits per heavy atom. The van der Waals surface area contributed by atoms with Gasteiger partial charge in [0.1, 0.15) is 17.7 Å². The molecule has 1 aromatic heterocycles. The monoisotopic (exact) mass is 490 g/mol. The van der Waals surface area contributed by atoms with Gasteiger partial charge in [0, 0.05) is 5.69 Å². The third-order valence-electron chi connectivity index (χ3n) is 4.91. The van der Waals surface area contributed by atoms with Gasteiger partial charge in [-0.05, 0) is 48.0 Å². The van der Waals surface area contributed by atoms with Crippen molar-refractivity contribution in [1.29, 1.82) is 0 Å². The first-order chi connectivity index (χ1) is 16.1. The number of alkyl halides is 3. The molecule has 4 aromatic rings. The first-order valence-corrected chi connectivity index (χ1v) is 10.2. The smallest absolute Gasteiger partial charge is 0.324 e. The van der Waals surface area contributed by atoms with E-state index in [4.69, 9.17) is 11.6 Å². The van der Waals surface area contributed by atoms with Gasteiger partial charge in [0.15, 0.2) is 0 Å². The van der Waals surface area contributed by atoms with Gasteiger partial charge < -0.3 is 15.6 Å². The van der Waals surface area contributed by atoms with Gasteiger partial charge in [0.05, 0.1) is 21.5 Å². The van der Waals surface area contributed by atoms with Crippen LogP contribution in [0.4, 0.5) is 28.0 Å². The molecule has 2 amide bonds. The van der Waals surface area contributed by atoms with Crippen LogP contribution in [-0.2, 0) is 6.18 Å². The summed E-state index contributed by atoms with van der Waals surface area (Å²) in [5.41, 5.74) is -0.984. The Labute approximate surface area is 194 Å². The molecule has 3 N–H and O–H groups in total. The van der Waals surface area contributed by atoms with Gasteiger partial charge in [-0.1, -0.05) is 35.9 Å². The Morgan fingerprint density at radius 3 is 2.44 bits per heavy atom. The number of carbonyl (C=O) groups excluding carboxylic acids is 1. The number of amides is 2. The summed E-state index contributed by atoms with van der Waals surface area (Å²) < 4.78 is 52.9. The molecule has 6 nitrogen and oxygen atoms in total. The average Bonchev–Trinajstić information content (AvgIpc) is 2.79. The topological polar surface area (TPSA) is 86.9 Å². The van der Waals surface area contributed by atoms with Gasteiger partial charge in [-0.3, -0.25) is 4.79 Å². The van der Waals surface area contributed by atoms with Crippen LogP contribution in [0.5, 0.6) is 0 Å². The number of urea groups is 1. The van der Waals surface area contributed by atoms with Crippen molar-refractivity contribution >= 4 is 34.2 Å². The van der Waals surface area contributed by atoms with E-state index >= 15 is 0 Å². The lowest BCUT2D eigenvalue weighted by atomic mass is 10.1. The highest BCUT2D eigenvalue weighted by Gasteiger charge is 2.33. The van der Waals surface area contributed by atoms with Crippen LogP contribution in [-0.4, -0.2) is 16.0 Å². The van der Waals surface area contributed by atoms with E-state index in [1.165, 1.54) is 18.2 Å². The molecule has 0 aliphatic heterocycles. The first kappa shape index (κ1) is 23.2. The molecule has 0 bridgehead atoms. The average molecular weight is 491 g/mol. The summed E-state index contributed by atoms with van der Waals surface area (Å²) in [5, 5.41) is 4.69. The molecule has 11 heteroatoms. The lowest BCUT2D eigenvalue weighted by Crippen LogP contribution is -2.35. The second-order valence-electron chi connectivity index (χ2n) is 7.24. The summed E-state index contributed by atoms with van der Waals surface area (Å²) in [6.07, 6.45) is -4.71. The number of hydrogen-bond donors (Lipinski definition) is 3. The van der Waals surface area contributed by atoms with Crippen molar-refractivity contribution < 1.29 is 22.4 Å². The van der Waals surface area contributed by atoms with E-state index < -0.39 is 40.2 Å². The fourth-order valence-electron chi connectivity index (χ4n) is 3.32. The highest BCUT2D eigenvalue weighted by molar-refractivity contribution is 6.31. The van der Waals surface area contributed by atoms with Gasteiger partial charge in [-0.25, -0.2) is 14.2 Å². The van der Waals surface area contributed by atoms with E-state index in [-0.39, 0.29) is 11.5 Å². The molecule has 1 atom stereocenters. The van der Waals surface area contributed by atoms with E-state index in [9.17, 15) is 27.2 Å². The van der Waals surface area contributed by atoms with Gasteiger partial charge in [0.2, 0.25) is 0 Å². The molecule has 0 fully saturated rings. The zero-order valence-corrected chi connectivity index (χ0v) is 17.8. The number of carbonyl (C=O) groups is 1. The molecule has 1 heterocycles. The molecule has 0 aliphatic rings. The molecule has 3 aromatic carbocycles. The van der Waals surface area contributed by atoms with Crippen molar-refractivity contribution in [3.05, 3.63) is 105 Å². The quantitative estimate of drug-likeness (QED) is 0.323. The minimum absolute atomic E-state index is 0.0533. The Balaban J connectivity index is 1.68. The van der Waals surface area contributed by atoms with Crippen LogP contribution in [0.15, 0.2) is 71.5 Å². The largest absolute Gasteiger partial charge is 0.417 e. The van der Waals surface area contributed by atoms with Crippen LogP contribution in [0.25, 0.3) is 10.9 Å². The van der Waals surface area contributed by atoms with Crippen LogP contribution in [0.3, 0.4) is 0 Å². The molecular formula is C23H15ClF4N4O2. The molecule has 0 radical (unpaired) electrons. The maximum Gasteiger partial charge on any atom is 0.417 e. The molecular weight excluding hydrogens is 476 g/mol. The predicted molar refractivity (Wildman–Crippen MR) is 119 cm³/mol. The maximum absolute atomic E-state index is 13.5. The van der Waals surface area contributed by atoms with Crippen molar-refractivity contribution in [2.75, 3.05) is 5.32 Å². The Kier molecular flexibility index (Phi) is 6.25. The Hall–Kier alpha value is -3.92. The van der Waals surface area contributed by atoms with Crippen LogP contribution in [0.1, 0.15) is 23.0 Å². The lowest BCUT2D eigenvalue weighted by Gasteiger charge is -2.20. The Morgan fingerprint density at radius 1 is 1.03 bits per heavy atom. The number of benzene rings is 3. The van der Waals surface area contributed by atoms with Gasteiger partial charge in [-0.15, -0.1) is 0 Å². The number of halogens is 5. The molecule has 0 spiro atoms. The van der Waals surface area contributed by atoms with Crippen molar-refractivity contribution in [2.24, 2.45) is 0 Å². The van der Waals surface area contributed by atoms with Gasteiger partial charge >= 0.3 is 12.2 Å². The molecule has 174 valence electrons. The summed E-state index contributed by atoms with van der Waals surface area (Å²) >= 11 is 5.62. The summed E-state index contributed by atoms with van der Waals surface area (Å²) in [5.74, 6) is -0.467. The number of anilines is 1. The van der Waals surface area contributed by atoms with Crippen LogP contribution < -0.4 is 16.2 Å². The molecule has 4 rings (SSSR count). The van der Waals surface area contributed by atoms with Crippen molar-refractivity contribution in [3.8, 4) is 0 Å². The number of fused-ring (bicyclic) bond motifs is 1. The van der Waals surface area contributed by atoms with Crippen LogP contribution in [0, 0.1) is 5.82 Å². The molecule has 1 unspecified atom stereocenters. The first-order valence-electron chi connectivity index (χ1n) is 9.80. The number of aromatic nitrogens is 2. The SMILES string of the molecule is O=C(Nc1ccc(Cl)c(C(F)(F)F)c1)NC(c1ccc(F)cc1)c1nc2ccccc2c(=O)[nH]1. The number of H-pyrrole nitrogens is 1. The number of nitrogens with zero attached hydrogens (tertiary/aromatic N) is 1. The fourth-order valence-corrected chi connectivity index (χ4v) is 3.55. The molecule has 0 saturated carbocycles. The fraction of sp³-hybridized carbons (Fsp3) is 0.0870. The van der Waals surface area contributed by atoms with Crippen LogP contribution >= 0.6 is 11.6 Å². The van der Waals surface area contributed by atoms with E-state index in [0.717, 1.165) is 18.2 Å². The zero-order chi connectivity index (χ0) is 24.5. The highest BCUT2D eigenvalue weighted by atomic mass is 35.5. The van der Waals surface area contributed by atoms with E-state index in [1.54, 1.807) is 24.3 Å². The standard InChI is InChI=1S/C23H15ClF4N4O2/c24-17-10-9-14(11-16(17)23(26,27)28)29-22(34)31-19(12-5-7-13(25)8-6-12)20-30-18-4-2-1-3-15(18)21(33)32-20/h1-11,19H,(H2,29,31,34)(H,30,32,33). The second kappa shape index (κ2) is 9.14.